The SMILES string of the molecule is CC(=O)N1CCC2CCCC(NC3CCNC(NC4CCC(C(N)=O)CC4)C3)C21. The Kier molecular flexibility index (Phi) is 6.76. The van der Waals surface area contributed by atoms with Crippen molar-refractivity contribution < 1.29 is 9.59 Å². The third-order valence-corrected chi connectivity index (χ3v) is 7.91. The second-order valence-corrected chi connectivity index (χ2v) is 9.80. The summed E-state index contributed by atoms with van der Waals surface area (Å²) in [5.74, 6) is 0.848. The van der Waals surface area contributed by atoms with Crippen molar-refractivity contribution >= 4 is 11.8 Å². The van der Waals surface area contributed by atoms with Crippen molar-refractivity contribution in [2.24, 2.45) is 17.6 Å². The number of nitrogens with zero attached hydrogens (tertiary/aromatic N) is 1. The number of nitrogens with two attached hydrogens (primary N) is 1. The van der Waals surface area contributed by atoms with Crippen LogP contribution in [-0.2, 0) is 9.59 Å². The first-order valence-corrected chi connectivity index (χ1v) is 11.8. The molecular formula is C22H39N5O2. The van der Waals surface area contributed by atoms with Gasteiger partial charge in [-0.25, -0.2) is 0 Å². The highest BCUT2D eigenvalue weighted by Gasteiger charge is 2.43. The van der Waals surface area contributed by atoms with Crippen LogP contribution < -0.4 is 21.7 Å². The average Bonchev–Trinajstić information content (AvgIpc) is 3.14. The number of piperidine rings is 1. The monoisotopic (exact) mass is 405 g/mol. The number of likely N-dealkylation sites (tertiary alicyclic amines) is 1. The zero-order valence-corrected chi connectivity index (χ0v) is 17.9. The molecule has 7 heteroatoms. The largest absolute Gasteiger partial charge is 0.369 e. The predicted molar refractivity (Wildman–Crippen MR) is 113 cm³/mol. The molecule has 2 heterocycles. The Bertz CT molecular complexity index is 592. The van der Waals surface area contributed by atoms with Gasteiger partial charge < -0.3 is 21.3 Å². The quantitative estimate of drug-likeness (QED) is 0.548. The van der Waals surface area contributed by atoms with E-state index in [1.54, 1.807) is 6.92 Å². The fourth-order valence-electron chi connectivity index (χ4n) is 6.39. The Balaban J connectivity index is 1.28. The number of primary amides is 1. The van der Waals surface area contributed by atoms with Gasteiger partial charge in [0, 0.05) is 43.6 Å². The van der Waals surface area contributed by atoms with Gasteiger partial charge >= 0.3 is 0 Å². The van der Waals surface area contributed by atoms with Crippen LogP contribution in [0.25, 0.3) is 0 Å². The van der Waals surface area contributed by atoms with Crippen molar-refractivity contribution in [3.63, 3.8) is 0 Å². The summed E-state index contributed by atoms with van der Waals surface area (Å²) in [5.41, 5.74) is 5.46. The molecule has 2 amide bonds. The summed E-state index contributed by atoms with van der Waals surface area (Å²) in [4.78, 5) is 25.6. The van der Waals surface area contributed by atoms with E-state index in [-0.39, 0.29) is 17.7 Å². The zero-order chi connectivity index (χ0) is 20.4. The molecule has 2 saturated heterocycles. The molecule has 0 radical (unpaired) electrons. The second-order valence-electron chi connectivity index (χ2n) is 9.80. The van der Waals surface area contributed by atoms with Crippen LogP contribution in [0.5, 0.6) is 0 Å². The first-order valence-electron chi connectivity index (χ1n) is 11.8. The second kappa shape index (κ2) is 9.31. The molecule has 4 fully saturated rings. The van der Waals surface area contributed by atoms with E-state index < -0.39 is 0 Å². The van der Waals surface area contributed by atoms with E-state index in [9.17, 15) is 9.59 Å². The number of rotatable bonds is 5. The maximum absolute atomic E-state index is 12.1. The van der Waals surface area contributed by atoms with Gasteiger partial charge in [-0.3, -0.25) is 14.9 Å². The smallest absolute Gasteiger partial charge is 0.220 e. The third kappa shape index (κ3) is 4.94. The number of nitrogens with one attached hydrogen (secondary N) is 3. The third-order valence-electron chi connectivity index (χ3n) is 7.91. The van der Waals surface area contributed by atoms with Gasteiger partial charge in [0.2, 0.25) is 11.8 Å². The Morgan fingerprint density at radius 1 is 0.966 bits per heavy atom. The van der Waals surface area contributed by atoms with Crippen molar-refractivity contribution in [2.75, 3.05) is 13.1 Å². The van der Waals surface area contributed by atoms with Crippen LogP contribution in [0.4, 0.5) is 0 Å². The number of fused-ring (bicyclic) bond motifs is 1. The number of hydrogen-bond donors (Lipinski definition) is 4. The summed E-state index contributed by atoms with van der Waals surface area (Å²) in [6.45, 7) is 3.68. The van der Waals surface area contributed by atoms with E-state index in [0.29, 0.717) is 36.3 Å². The summed E-state index contributed by atoms with van der Waals surface area (Å²) >= 11 is 0. The van der Waals surface area contributed by atoms with Crippen LogP contribution >= 0.6 is 0 Å². The minimum atomic E-state index is -0.138. The molecule has 5 unspecified atom stereocenters. The van der Waals surface area contributed by atoms with Gasteiger partial charge in [0.25, 0.3) is 0 Å². The van der Waals surface area contributed by atoms with Crippen molar-refractivity contribution in [1.82, 2.24) is 20.9 Å². The molecule has 2 saturated carbocycles. The minimum Gasteiger partial charge on any atom is -0.369 e. The molecule has 2 aliphatic heterocycles. The van der Waals surface area contributed by atoms with Crippen LogP contribution in [0, 0.1) is 11.8 Å². The molecule has 0 aromatic rings. The van der Waals surface area contributed by atoms with Gasteiger partial charge in [-0.05, 0) is 70.3 Å². The van der Waals surface area contributed by atoms with Crippen molar-refractivity contribution in [3.8, 4) is 0 Å². The van der Waals surface area contributed by atoms with Crippen molar-refractivity contribution in [2.45, 2.75) is 101 Å². The van der Waals surface area contributed by atoms with Crippen molar-refractivity contribution in [1.29, 1.82) is 0 Å². The summed E-state index contributed by atoms with van der Waals surface area (Å²) in [6, 6.07) is 1.80. The lowest BCUT2D eigenvalue weighted by Gasteiger charge is -2.43. The molecule has 0 bridgehead atoms. The van der Waals surface area contributed by atoms with Gasteiger partial charge in [0.1, 0.15) is 0 Å². The van der Waals surface area contributed by atoms with Crippen LogP contribution in [0.3, 0.4) is 0 Å². The summed E-state index contributed by atoms with van der Waals surface area (Å²) in [6.07, 6.45) is 11.3. The molecule has 5 atom stereocenters. The molecule has 4 aliphatic rings. The Labute approximate surface area is 174 Å². The fourth-order valence-corrected chi connectivity index (χ4v) is 6.39. The molecule has 0 spiro atoms. The van der Waals surface area contributed by atoms with Gasteiger partial charge in [0.05, 0.1) is 6.17 Å². The fraction of sp³-hybridized carbons (Fsp3) is 0.909. The maximum atomic E-state index is 12.1. The predicted octanol–water partition coefficient (Wildman–Crippen LogP) is 1.08. The first-order chi connectivity index (χ1) is 14.0. The van der Waals surface area contributed by atoms with Crippen LogP contribution in [0.1, 0.15) is 71.1 Å². The minimum absolute atomic E-state index is 0.0664. The number of carbonyl (C=O) groups is 2. The lowest BCUT2D eigenvalue weighted by Crippen LogP contribution is -2.60. The maximum Gasteiger partial charge on any atom is 0.220 e. The molecule has 7 nitrogen and oxygen atoms in total. The normalized spacial score (nSPS) is 40.4. The van der Waals surface area contributed by atoms with Gasteiger partial charge in [-0.15, -0.1) is 0 Å². The van der Waals surface area contributed by atoms with E-state index in [2.05, 4.69) is 20.9 Å². The molecule has 2 aliphatic carbocycles. The molecule has 4 rings (SSSR count). The van der Waals surface area contributed by atoms with Gasteiger partial charge in [0.15, 0.2) is 0 Å². The Morgan fingerprint density at radius 2 is 1.76 bits per heavy atom. The van der Waals surface area contributed by atoms with E-state index in [1.807, 2.05) is 0 Å². The molecule has 0 aromatic heterocycles. The lowest BCUT2D eigenvalue weighted by molar-refractivity contribution is -0.131. The highest BCUT2D eigenvalue weighted by atomic mass is 16.2. The Hall–Kier alpha value is -1.18. The van der Waals surface area contributed by atoms with Crippen LogP contribution in [0.15, 0.2) is 0 Å². The number of amides is 2. The first kappa shape index (κ1) is 21.1. The molecule has 29 heavy (non-hydrogen) atoms. The topological polar surface area (TPSA) is 99.5 Å². The standard InChI is InChI=1S/C22H39N5O2/c1-14(28)27-12-10-15-3-2-4-19(21(15)27)25-18-9-11-24-20(13-18)26-17-7-5-16(6-8-17)22(23)29/h15-21,24-26H,2-13H2,1H3,(H2,23,29). The number of hydrogen-bond acceptors (Lipinski definition) is 5. The average molecular weight is 406 g/mol. The molecule has 164 valence electrons. The lowest BCUT2D eigenvalue weighted by atomic mass is 9.80. The van der Waals surface area contributed by atoms with Gasteiger partial charge in [-0.2, -0.15) is 0 Å². The van der Waals surface area contributed by atoms with E-state index in [0.717, 1.165) is 51.6 Å². The van der Waals surface area contributed by atoms with E-state index in [4.69, 9.17) is 5.73 Å². The van der Waals surface area contributed by atoms with Gasteiger partial charge in [-0.1, -0.05) is 6.42 Å². The van der Waals surface area contributed by atoms with Crippen molar-refractivity contribution in [3.05, 3.63) is 0 Å². The molecule has 0 aromatic carbocycles. The summed E-state index contributed by atoms with van der Waals surface area (Å²) < 4.78 is 0. The highest BCUT2D eigenvalue weighted by molar-refractivity contribution is 5.76. The Morgan fingerprint density at radius 3 is 2.48 bits per heavy atom. The highest BCUT2D eigenvalue weighted by Crippen LogP contribution is 2.37. The molecule has 5 N–H and O–H groups in total. The number of carbonyl (C=O) groups excluding carboxylic acids is 2. The zero-order valence-electron chi connectivity index (χ0n) is 17.9. The van der Waals surface area contributed by atoms with Crippen LogP contribution in [0.2, 0.25) is 0 Å². The summed E-state index contributed by atoms with van der Waals surface area (Å²) in [7, 11) is 0. The summed E-state index contributed by atoms with van der Waals surface area (Å²) in [5, 5.41) is 11.4. The van der Waals surface area contributed by atoms with E-state index in [1.165, 1.54) is 25.7 Å². The van der Waals surface area contributed by atoms with E-state index >= 15 is 0 Å². The van der Waals surface area contributed by atoms with Crippen LogP contribution in [-0.4, -0.2) is 60.1 Å². The molecular weight excluding hydrogens is 366 g/mol.